The Bertz CT molecular complexity index is 634. The molecule has 0 saturated heterocycles. The number of nitrogens with one attached hydrogen (secondary N) is 1. The van der Waals surface area contributed by atoms with Gasteiger partial charge in [0.05, 0.1) is 10.6 Å². The van der Waals surface area contributed by atoms with E-state index < -0.39 is 21.5 Å². The number of thiophene rings is 1. The minimum atomic E-state index is -3.59. The van der Waals surface area contributed by atoms with Gasteiger partial charge in [0.25, 0.3) is 0 Å². The molecule has 1 aliphatic rings. The molecule has 0 radical (unpaired) electrons. The number of amides is 1. The summed E-state index contributed by atoms with van der Waals surface area (Å²) >= 11 is 0.958. The molecule has 0 aliphatic carbocycles. The number of amidine groups is 1. The van der Waals surface area contributed by atoms with Crippen LogP contribution in [0.15, 0.2) is 10.3 Å². The number of rotatable bonds is 4. The van der Waals surface area contributed by atoms with Crippen molar-refractivity contribution in [2.75, 3.05) is 17.2 Å². The highest BCUT2D eigenvalue weighted by Crippen LogP contribution is 2.38. The van der Waals surface area contributed by atoms with Crippen molar-refractivity contribution in [2.45, 2.75) is 24.0 Å². The van der Waals surface area contributed by atoms with Gasteiger partial charge in [0, 0.05) is 6.54 Å². The maximum absolute atomic E-state index is 12.0. The summed E-state index contributed by atoms with van der Waals surface area (Å²) in [5, 5.41) is 7.39. The second-order valence-corrected chi connectivity index (χ2v) is 7.59. The van der Waals surface area contributed by atoms with E-state index in [4.69, 9.17) is 11.1 Å². The van der Waals surface area contributed by atoms with Crippen LogP contribution in [0.3, 0.4) is 0 Å². The molecule has 0 fully saturated rings. The molecule has 0 unspecified atom stereocenters. The first-order valence-electron chi connectivity index (χ1n) is 5.88. The molecule has 1 aromatic rings. The number of nitrogens with zero attached hydrogens (tertiary/aromatic N) is 1. The van der Waals surface area contributed by atoms with Crippen molar-refractivity contribution in [1.82, 2.24) is 0 Å². The minimum absolute atomic E-state index is 0.147. The highest BCUT2D eigenvalue weighted by molar-refractivity contribution is 7.94. The van der Waals surface area contributed by atoms with Crippen LogP contribution in [-0.2, 0) is 14.6 Å². The van der Waals surface area contributed by atoms with E-state index in [1.807, 2.05) is 6.92 Å². The molecule has 2 rings (SSSR count). The molecular formula is C11H15N3O3S2. The van der Waals surface area contributed by atoms with Gasteiger partial charge in [-0.1, -0.05) is 13.3 Å². The van der Waals surface area contributed by atoms with Gasteiger partial charge in [-0.3, -0.25) is 10.2 Å². The summed E-state index contributed by atoms with van der Waals surface area (Å²) in [6, 6.07) is 1.52. The first kappa shape index (κ1) is 14.0. The average Bonchev–Trinajstić information content (AvgIpc) is 2.74. The smallest absolute Gasteiger partial charge is 0.242 e. The van der Waals surface area contributed by atoms with Crippen LogP contribution in [-0.4, -0.2) is 32.5 Å². The first-order chi connectivity index (χ1) is 8.86. The monoisotopic (exact) mass is 301 g/mol. The van der Waals surface area contributed by atoms with Gasteiger partial charge in [-0.05, 0) is 12.5 Å². The number of unbranched alkanes of at least 4 members (excludes halogenated alkanes) is 1. The van der Waals surface area contributed by atoms with Crippen molar-refractivity contribution in [1.29, 1.82) is 5.41 Å². The number of hydrogen-bond donors (Lipinski definition) is 2. The summed E-state index contributed by atoms with van der Waals surface area (Å²) in [6.07, 6.45) is 1.71. The van der Waals surface area contributed by atoms with E-state index in [0.29, 0.717) is 17.1 Å². The summed E-state index contributed by atoms with van der Waals surface area (Å²) in [6.45, 7) is 2.49. The Labute approximate surface area is 115 Å². The van der Waals surface area contributed by atoms with Gasteiger partial charge in [-0.15, -0.1) is 11.3 Å². The molecule has 8 heteroatoms. The first-order valence-corrected chi connectivity index (χ1v) is 8.35. The zero-order chi connectivity index (χ0) is 14.2. The van der Waals surface area contributed by atoms with Crippen LogP contribution in [0.5, 0.6) is 0 Å². The molecule has 1 amide bonds. The topological polar surface area (TPSA) is 104 Å². The molecule has 6 nitrogen and oxygen atoms in total. The Morgan fingerprint density at radius 3 is 2.84 bits per heavy atom. The Morgan fingerprint density at radius 1 is 1.58 bits per heavy atom. The van der Waals surface area contributed by atoms with Crippen molar-refractivity contribution >= 4 is 38.6 Å². The van der Waals surface area contributed by atoms with Crippen LogP contribution in [0.1, 0.15) is 24.6 Å². The van der Waals surface area contributed by atoms with E-state index in [2.05, 4.69) is 0 Å². The number of hydrogen-bond acceptors (Lipinski definition) is 5. The lowest BCUT2D eigenvalue weighted by Crippen LogP contribution is -2.40. The van der Waals surface area contributed by atoms with Crippen molar-refractivity contribution in [2.24, 2.45) is 5.73 Å². The molecule has 1 aliphatic heterocycles. The van der Waals surface area contributed by atoms with Crippen molar-refractivity contribution in [3.63, 3.8) is 0 Å². The summed E-state index contributed by atoms with van der Waals surface area (Å²) in [4.78, 5) is 13.8. The van der Waals surface area contributed by atoms with Crippen molar-refractivity contribution < 1.29 is 13.2 Å². The minimum Gasteiger partial charge on any atom is -0.383 e. The fourth-order valence-corrected chi connectivity index (χ4v) is 4.72. The van der Waals surface area contributed by atoms with Crippen molar-refractivity contribution in [3.8, 4) is 0 Å². The molecule has 0 saturated carbocycles. The Kier molecular flexibility index (Phi) is 3.64. The predicted octanol–water partition coefficient (Wildman–Crippen LogP) is 0.953. The van der Waals surface area contributed by atoms with Crippen molar-refractivity contribution in [3.05, 3.63) is 10.9 Å². The van der Waals surface area contributed by atoms with Gasteiger partial charge in [0.2, 0.25) is 5.91 Å². The van der Waals surface area contributed by atoms with E-state index in [9.17, 15) is 13.2 Å². The standard InChI is InChI=1S/C11H15N3O3S2/c1-2-3-4-14-7-5-8(10(12)13)18-11(7)19(16,17)6-9(14)15/h5H,2-4,6H2,1H3,(H3,12,13). The number of nitrogens with two attached hydrogens (primary N) is 1. The lowest BCUT2D eigenvalue weighted by Gasteiger charge is -2.26. The van der Waals surface area contributed by atoms with Crippen LogP contribution in [0.4, 0.5) is 5.69 Å². The fourth-order valence-electron chi connectivity index (χ4n) is 1.91. The normalized spacial score (nSPS) is 17.3. The van der Waals surface area contributed by atoms with Crippen LogP contribution in [0.2, 0.25) is 0 Å². The SMILES string of the molecule is CCCCN1C(=O)CS(=O)(=O)c2sc(C(=N)N)cc21. The number of anilines is 1. The molecule has 0 aromatic carbocycles. The van der Waals surface area contributed by atoms with E-state index in [1.54, 1.807) is 0 Å². The second kappa shape index (κ2) is 4.93. The molecular weight excluding hydrogens is 286 g/mol. The molecule has 3 N–H and O–H groups in total. The van der Waals surface area contributed by atoms with Crippen LogP contribution >= 0.6 is 11.3 Å². The lowest BCUT2D eigenvalue weighted by molar-refractivity contribution is -0.116. The van der Waals surface area contributed by atoms with Gasteiger partial charge in [0.15, 0.2) is 9.84 Å². The third-order valence-corrected chi connectivity index (χ3v) is 6.23. The van der Waals surface area contributed by atoms with Gasteiger partial charge in [-0.25, -0.2) is 8.42 Å². The zero-order valence-electron chi connectivity index (χ0n) is 10.5. The Hall–Kier alpha value is -1.41. The predicted molar refractivity (Wildman–Crippen MR) is 74.6 cm³/mol. The Morgan fingerprint density at radius 2 is 2.26 bits per heavy atom. The van der Waals surface area contributed by atoms with Gasteiger partial charge >= 0.3 is 0 Å². The largest absolute Gasteiger partial charge is 0.383 e. The van der Waals surface area contributed by atoms with Gasteiger partial charge in [0.1, 0.15) is 15.8 Å². The number of carbonyl (C=O) groups is 1. The number of carbonyl (C=O) groups excluding carboxylic acids is 1. The van der Waals surface area contributed by atoms with E-state index in [0.717, 1.165) is 24.2 Å². The van der Waals surface area contributed by atoms with Gasteiger partial charge in [-0.2, -0.15) is 0 Å². The quantitative estimate of drug-likeness (QED) is 0.638. The molecule has 1 aromatic heterocycles. The van der Waals surface area contributed by atoms with E-state index >= 15 is 0 Å². The maximum atomic E-state index is 12.0. The maximum Gasteiger partial charge on any atom is 0.242 e. The molecule has 104 valence electrons. The van der Waals surface area contributed by atoms with Gasteiger partial charge < -0.3 is 10.6 Å². The third kappa shape index (κ3) is 2.50. The highest BCUT2D eigenvalue weighted by Gasteiger charge is 2.36. The summed E-state index contributed by atoms with van der Waals surface area (Å²) in [5.74, 6) is -1.09. The second-order valence-electron chi connectivity index (χ2n) is 4.36. The number of fused-ring (bicyclic) bond motifs is 1. The van der Waals surface area contributed by atoms with Crippen LogP contribution in [0.25, 0.3) is 0 Å². The molecule has 0 spiro atoms. The molecule has 0 atom stereocenters. The number of sulfone groups is 1. The van der Waals surface area contributed by atoms with Crippen LogP contribution in [0, 0.1) is 5.41 Å². The average molecular weight is 301 g/mol. The summed E-state index contributed by atoms with van der Waals surface area (Å²) in [7, 11) is -3.59. The Balaban J connectivity index is 2.52. The zero-order valence-corrected chi connectivity index (χ0v) is 12.1. The third-order valence-electron chi connectivity index (χ3n) is 2.87. The van der Waals surface area contributed by atoms with Crippen LogP contribution < -0.4 is 10.6 Å². The van der Waals surface area contributed by atoms with E-state index in [1.165, 1.54) is 11.0 Å². The fraction of sp³-hybridized carbons (Fsp3) is 0.455. The number of nitrogen functional groups attached to an aromatic ring is 1. The summed E-state index contributed by atoms with van der Waals surface area (Å²) < 4.78 is 24.1. The molecule has 19 heavy (non-hydrogen) atoms. The molecule has 0 bridgehead atoms. The summed E-state index contributed by atoms with van der Waals surface area (Å²) in [5.41, 5.74) is 5.76. The van der Waals surface area contributed by atoms with E-state index in [-0.39, 0.29) is 10.0 Å². The molecule has 2 heterocycles. The lowest BCUT2D eigenvalue weighted by atomic mass is 10.3. The highest BCUT2D eigenvalue weighted by atomic mass is 32.2.